The van der Waals surface area contributed by atoms with Crippen molar-refractivity contribution in [2.24, 2.45) is 5.73 Å². The van der Waals surface area contributed by atoms with Crippen LogP contribution >= 0.6 is 0 Å². The summed E-state index contributed by atoms with van der Waals surface area (Å²) in [5.41, 5.74) is 6.89. The van der Waals surface area contributed by atoms with Gasteiger partial charge in [-0.3, -0.25) is 0 Å². The number of nitrogens with two attached hydrogens (primary N) is 1. The highest BCUT2D eigenvalue weighted by Crippen LogP contribution is 2.38. The van der Waals surface area contributed by atoms with E-state index in [2.05, 4.69) is 0 Å². The van der Waals surface area contributed by atoms with Crippen molar-refractivity contribution in [2.45, 2.75) is 45.5 Å². The van der Waals surface area contributed by atoms with E-state index in [0.717, 1.165) is 5.47 Å². The van der Waals surface area contributed by atoms with Crippen molar-refractivity contribution in [2.75, 3.05) is 6.54 Å². The van der Waals surface area contributed by atoms with E-state index >= 15 is 0 Å². The molecule has 2 rings (SSSR count). The van der Waals surface area contributed by atoms with E-state index in [4.69, 9.17) is 15.0 Å². The zero-order valence-electron chi connectivity index (χ0n) is 13.5. The van der Waals surface area contributed by atoms with Crippen molar-refractivity contribution in [3.63, 3.8) is 0 Å². The van der Waals surface area contributed by atoms with Crippen LogP contribution in [0.4, 0.5) is 4.39 Å². The summed E-state index contributed by atoms with van der Waals surface area (Å²) in [6.45, 7) is 7.89. The third-order valence-corrected chi connectivity index (χ3v) is 4.41. The SMILES string of the molecule is CC1(C)OB(C(=Cc2ccc(F)cc2CO)CN)OC1(C)C. The first-order valence-electron chi connectivity index (χ1n) is 7.35. The predicted molar refractivity (Wildman–Crippen MR) is 85.4 cm³/mol. The van der Waals surface area contributed by atoms with Gasteiger partial charge in [-0.2, -0.15) is 0 Å². The van der Waals surface area contributed by atoms with Crippen molar-refractivity contribution in [3.05, 3.63) is 40.6 Å². The molecule has 1 fully saturated rings. The molecule has 0 spiro atoms. The average Bonchev–Trinajstić information content (AvgIpc) is 2.65. The van der Waals surface area contributed by atoms with Gasteiger partial charge in [-0.25, -0.2) is 4.39 Å². The summed E-state index contributed by atoms with van der Waals surface area (Å²) in [6, 6.07) is 4.27. The van der Waals surface area contributed by atoms with E-state index in [1.54, 1.807) is 12.1 Å². The summed E-state index contributed by atoms with van der Waals surface area (Å²) >= 11 is 0. The molecule has 22 heavy (non-hydrogen) atoms. The summed E-state index contributed by atoms with van der Waals surface area (Å²) in [7, 11) is -0.549. The maximum Gasteiger partial charge on any atom is 0.491 e. The first-order valence-corrected chi connectivity index (χ1v) is 7.35. The fraction of sp³-hybridized carbons (Fsp3) is 0.500. The van der Waals surface area contributed by atoms with Crippen molar-refractivity contribution in [1.82, 2.24) is 0 Å². The second kappa shape index (κ2) is 6.12. The number of hydrogen-bond acceptors (Lipinski definition) is 4. The van der Waals surface area contributed by atoms with Crippen LogP contribution in [0.25, 0.3) is 6.08 Å². The molecule has 120 valence electrons. The molecule has 1 aromatic rings. The van der Waals surface area contributed by atoms with E-state index in [9.17, 15) is 9.50 Å². The third-order valence-electron chi connectivity index (χ3n) is 4.41. The second-order valence-electron chi connectivity index (χ2n) is 6.51. The molecule has 1 saturated heterocycles. The molecule has 1 aliphatic rings. The molecule has 0 atom stereocenters. The van der Waals surface area contributed by atoms with Crippen molar-refractivity contribution in [1.29, 1.82) is 0 Å². The lowest BCUT2D eigenvalue weighted by Crippen LogP contribution is -2.41. The van der Waals surface area contributed by atoms with Gasteiger partial charge in [0.05, 0.1) is 17.8 Å². The van der Waals surface area contributed by atoms with Crippen LogP contribution in [-0.4, -0.2) is 30.0 Å². The quantitative estimate of drug-likeness (QED) is 0.838. The Morgan fingerprint density at radius 1 is 1.27 bits per heavy atom. The Kier molecular flexibility index (Phi) is 4.77. The van der Waals surface area contributed by atoms with E-state index in [-0.39, 0.29) is 19.0 Å². The smallest absolute Gasteiger partial charge is 0.400 e. The van der Waals surface area contributed by atoms with Gasteiger partial charge in [0.15, 0.2) is 0 Å². The second-order valence-corrected chi connectivity index (χ2v) is 6.51. The van der Waals surface area contributed by atoms with Crippen LogP contribution in [0.1, 0.15) is 38.8 Å². The average molecular weight is 307 g/mol. The molecule has 0 amide bonds. The first-order chi connectivity index (χ1) is 10.2. The first kappa shape index (κ1) is 17.2. The highest BCUT2D eigenvalue weighted by molar-refractivity contribution is 6.55. The Morgan fingerprint density at radius 2 is 1.86 bits per heavy atom. The van der Waals surface area contributed by atoms with Gasteiger partial charge in [0.1, 0.15) is 5.82 Å². The summed E-state index contributed by atoms with van der Waals surface area (Å²) in [4.78, 5) is 0. The van der Waals surface area contributed by atoms with Crippen molar-refractivity contribution >= 4 is 13.2 Å². The number of benzene rings is 1. The van der Waals surface area contributed by atoms with Crippen LogP contribution in [0, 0.1) is 5.82 Å². The highest BCUT2D eigenvalue weighted by atomic mass is 19.1. The van der Waals surface area contributed by atoms with E-state index in [1.165, 1.54) is 12.1 Å². The molecule has 0 aliphatic carbocycles. The molecule has 0 saturated carbocycles. The molecule has 1 aliphatic heterocycles. The molecular weight excluding hydrogens is 284 g/mol. The number of aliphatic hydroxyl groups excluding tert-OH is 1. The molecule has 0 bridgehead atoms. The minimum atomic E-state index is -0.549. The maximum absolute atomic E-state index is 13.3. The summed E-state index contributed by atoms with van der Waals surface area (Å²) in [5.74, 6) is -0.383. The minimum Gasteiger partial charge on any atom is -0.400 e. The highest BCUT2D eigenvalue weighted by Gasteiger charge is 2.52. The fourth-order valence-electron chi connectivity index (χ4n) is 2.27. The normalized spacial score (nSPS) is 20.5. The number of rotatable bonds is 4. The zero-order valence-corrected chi connectivity index (χ0v) is 13.5. The van der Waals surface area contributed by atoms with E-state index in [0.29, 0.717) is 11.1 Å². The molecule has 0 aromatic heterocycles. The van der Waals surface area contributed by atoms with Crippen LogP contribution in [0.5, 0.6) is 0 Å². The molecule has 6 heteroatoms. The van der Waals surface area contributed by atoms with Gasteiger partial charge >= 0.3 is 7.12 Å². The summed E-state index contributed by atoms with van der Waals surface area (Å²) in [5, 5.41) is 9.37. The maximum atomic E-state index is 13.3. The van der Waals surface area contributed by atoms with Gasteiger partial charge in [-0.15, -0.1) is 0 Å². The Balaban J connectivity index is 2.34. The van der Waals surface area contributed by atoms with E-state index < -0.39 is 18.3 Å². The molecular formula is C16H23BFNO3. The molecule has 0 unspecified atom stereocenters. The van der Waals surface area contributed by atoms with Crippen LogP contribution in [0.3, 0.4) is 0 Å². The zero-order chi connectivity index (χ0) is 16.5. The Bertz CT molecular complexity index is 571. The van der Waals surface area contributed by atoms with Crippen LogP contribution in [-0.2, 0) is 15.9 Å². The minimum absolute atomic E-state index is 0.245. The number of halogens is 1. The molecule has 4 nitrogen and oxygen atoms in total. The monoisotopic (exact) mass is 307 g/mol. The lowest BCUT2D eigenvalue weighted by Gasteiger charge is -2.32. The van der Waals surface area contributed by atoms with Gasteiger partial charge < -0.3 is 20.1 Å². The largest absolute Gasteiger partial charge is 0.491 e. The lowest BCUT2D eigenvalue weighted by atomic mass is 9.77. The van der Waals surface area contributed by atoms with Crippen LogP contribution in [0.2, 0.25) is 0 Å². The fourth-order valence-corrected chi connectivity index (χ4v) is 2.27. The molecule has 1 heterocycles. The predicted octanol–water partition coefficient (Wildman–Crippen LogP) is 2.29. The third kappa shape index (κ3) is 3.25. The van der Waals surface area contributed by atoms with Gasteiger partial charge in [-0.05, 0) is 56.4 Å². The van der Waals surface area contributed by atoms with Crippen molar-refractivity contribution < 1.29 is 18.8 Å². The standard InChI is InChI=1S/C16H23BFNO3/c1-15(2)16(3,4)22-17(21-15)13(9-19)7-11-5-6-14(18)8-12(11)10-20/h5-8,20H,9-10,19H2,1-4H3. The van der Waals surface area contributed by atoms with Gasteiger partial charge in [0.25, 0.3) is 0 Å². The number of hydrogen-bond donors (Lipinski definition) is 2. The number of aliphatic hydroxyl groups is 1. The Hall–Kier alpha value is -1.21. The van der Waals surface area contributed by atoms with Gasteiger partial charge in [-0.1, -0.05) is 12.1 Å². The Morgan fingerprint density at radius 3 is 2.36 bits per heavy atom. The van der Waals surface area contributed by atoms with Crippen LogP contribution in [0.15, 0.2) is 23.7 Å². The molecule has 3 N–H and O–H groups in total. The molecule has 1 aromatic carbocycles. The van der Waals surface area contributed by atoms with Gasteiger partial charge in [0, 0.05) is 6.54 Å². The summed E-state index contributed by atoms with van der Waals surface area (Å²) in [6.07, 6.45) is 1.80. The van der Waals surface area contributed by atoms with Crippen molar-refractivity contribution in [3.8, 4) is 0 Å². The summed E-state index contributed by atoms with van der Waals surface area (Å²) < 4.78 is 25.2. The Labute approximate surface area is 131 Å². The van der Waals surface area contributed by atoms with E-state index in [1.807, 2.05) is 27.7 Å². The lowest BCUT2D eigenvalue weighted by molar-refractivity contribution is 0.00578. The topological polar surface area (TPSA) is 64.7 Å². The van der Waals surface area contributed by atoms with Gasteiger partial charge in [0.2, 0.25) is 0 Å². The van der Waals surface area contributed by atoms with Crippen LogP contribution < -0.4 is 5.73 Å². The molecule has 0 radical (unpaired) electrons.